The average Bonchev–Trinajstić information content (AvgIpc) is 3.21. The molecule has 0 fully saturated rings. The van der Waals surface area contributed by atoms with E-state index >= 15 is 0 Å². The molecule has 0 spiro atoms. The van der Waals surface area contributed by atoms with E-state index in [2.05, 4.69) is 26.8 Å². The first kappa shape index (κ1) is 37.0. The van der Waals surface area contributed by atoms with Crippen molar-refractivity contribution in [2.24, 2.45) is 11.3 Å². The molecule has 0 aromatic heterocycles. The third-order valence-electron chi connectivity index (χ3n) is 12.4. The lowest BCUT2D eigenvalue weighted by Crippen LogP contribution is -2.58. The van der Waals surface area contributed by atoms with Crippen LogP contribution in [0.3, 0.4) is 0 Å². The van der Waals surface area contributed by atoms with E-state index in [1.54, 1.807) is 24.3 Å². The maximum atomic E-state index is 14.5. The van der Waals surface area contributed by atoms with Gasteiger partial charge in [-0.15, -0.1) is 0 Å². The molecule has 0 bridgehead atoms. The van der Waals surface area contributed by atoms with E-state index in [1.165, 1.54) is 48.5 Å². The van der Waals surface area contributed by atoms with Crippen LogP contribution in [-0.2, 0) is 5.41 Å². The van der Waals surface area contributed by atoms with E-state index in [1.807, 2.05) is 32.9 Å². The summed E-state index contributed by atoms with van der Waals surface area (Å²) in [5.41, 5.74) is 1.52. The summed E-state index contributed by atoms with van der Waals surface area (Å²) in [6.45, 7) is 12.3. The van der Waals surface area contributed by atoms with E-state index in [0.29, 0.717) is 27.8 Å². The van der Waals surface area contributed by atoms with Gasteiger partial charge in [0.25, 0.3) is 47.3 Å². The molecule has 1 atom stereocenters. The van der Waals surface area contributed by atoms with E-state index in [0.717, 1.165) is 15.4 Å². The molecule has 0 radical (unpaired) electrons. The fourth-order valence-electron chi connectivity index (χ4n) is 9.12. The Kier molecular flexibility index (Phi) is 7.46. The van der Waals surface area contributed by atoms with Gasteiger partial charge >= 0.3 is 0 Å². The van der Waals surface area contributed by atoms with Gasteiger partial charge < -0.3 is 0 Å². The Balaban J connectivity index is 1.02. The summed E-state index contributed by atoms with van der Waals surface area (Å²) in [5.74, 6) is -6.45. The SMILES string of the molecule is CC(C)(C)c1cccc(N2C(=O)c3ccc4c5c(ccc(c35)C2=O)C(=O)N(N2C(=O)c3ccc5c6c(ccc(c36)C2=O)C(=O)N(C2=CC=CC(C(C)(C)C)C2)C5=O)C4=O)c1. The molecule has 12 heteroatoms. The standard InChI is InChI=1S/C48H36N4O8/c1-47(2,3)23-9-7-11-25(21-23)49-39(53)27-13-17-31-37-32(18-14-28(35(27)37)40(49)54)44(58)51(43(31)57)52-45(59)33-19-15-29-36-30(16-20-34(38(33)36)46(52)60)42(56)50(41(29)55)26-12-8-10-24(22-26)48(4,5)6/h7-21,24H,22H2,1-6H3. The summed E-state index contributed by atoms with van der Waals surface area (Å²) in [7, 11) is 0. The lowest BCUT2D eigenvalue weighted by molar-refractivity contribution is 0.00211. The summed E-state index contributed by atoms with van der Waals surface area (Å²) in [4.78, 5) is 117. The van der Waals surface area contributed by atoms with Gasteiger partial charge in [-0.3, -0.25) is 38.4 Å². The molecular weight excluding hydrogens is 761 g/mol. The first-order valence-corrected chi connectivity index (χ1v) is 19.6. The molecule has 12 nitrogen and oxygen atoms in total. The van der Waals surface area contributed by atoms with Crippen LogP contribution in [0.4, 0.5) is 5.69 Å². The predicted molar refractivity (Wildman–Crippen MR) is 220 cm³/mol. The summed E-state index contributed by atoms with van der Waals surface area (Å²) in [5, 5.41) is 1.38. The van der Waals surface area contributed by atoms with Crippen LogP contribution in [0.1, 0.15) is 136 Å². The van der Waals surface area contributed by atoms with Gasteiger partial charge in [0.1, 0.15) is 0 Å². The highest BCUT2D eigenvalue weighted by atomic mass is 16.2. The number of rotatable bonds is 3. The van der Waals surface area contributed by atoms with Crippen LogP contribution in [0.15, 0.2) is 96.7 Å². The minimum Gasteiger partial charge on any atom is -0.268 e. The van der Waals surface area contributed by atoms with Crippen molar-refractivity contribution in [1.82, 2.24) is 14.9 Å². The number of hydrogen-bond acceptors (Lipinski definition) is 8. The number of amides is 8. The molecule has 0 saturated carbocycles. The predicted octanol–water partition coefficient (Wildman–Crippen LogP) is 8.00. The highest BCUT2D eigenvalue weighted by Crippen LogP contribution is 2.44. The Morgan fingerprint density at radius 1 is 0.467 bits per heavy atom. The van der Waals surface area contributed by atoms with Gasteiger partial charge in [0, 0.05) is 49.5 Å². The first-order chi connectivity index (χ1) is 28.4. The lowest BCUT2D eigenvalue weighted by atomic mass is 9.76. The van der Waals surface area contributed by atoms with Crippen molar-refractivity contribution in [3.05, 3.63) is 147 Å². The van der Waals surface area contributed by atoms with E-state index in [9.17, 15) is 38.4 Å². The number of hydrogen-bond donors (Lipinski definition) is 0. The van der Waals surface area contributed by atoms with Gasteiger partial charge in [0.15, 0.2) is 0 Å². The van der Waals surface area contributed by atoms with Crippen molar-refractivity contribution >= 4 is 74.5 Å². The highest BCUT2D eigenvalue weighted by molar-refractivity contribution is 6.40. The van der Waals surface area contributed by atoms with Gasteiger partial charge in [0.05, 0.1) is 27.9 Å². The zero-order chi connectivity index (χ0) is 42.5. The number of allylic oxidation sites excluding steroid dienone is 4. The van der Waals surface area contributed by atoms with Crippen LogP contribution >= 0.6 is 0 Å². The lowest BCUT2D eigenvalue weighted by Gasteiger charge is -2.38. The number of benzene rings is 5. The summed E-state index contributed by atoms with van der Waals surface area (Å²) >= 11 is 0. The van der Waals surface area contributed by atoms with E-state index < -0.39 is 47.3 Å². The maximum Gasteiger partial charge on any atom is 0.281 e. The number of carbonyl (C=O) groups excluding carboxylic acids is 8. The fraction of sp³-hybridized carbons (Fsp3) is 0.208. The van der Waals surface area contributed by atoms with Crippen molar-refractivity contribution in [3.8, 4) is 0 Å². The Hall–Kier alpha value is -7.34. The molecule has 5 aliphatic rings. The number of nitrogens with zero attached hydrogens (tertiary/aromatic N) is 4. The van der Waals surface area contributed by atoms with Crippen LogP contribution in [0.5, 0.6) is 0 Å². The molecule has 4 aliphatic heterocycles. The summed E-state index contributed by atoms with van der Waals surface area (Å²) in [6, 6.07) is 18.2. The topological polar surface area (TPSA) is 150 Å². The van der Waals surface area contributed by atoms with Crippen LogP contribution in [0.2, 0.25) is 0 Å². The fourth-order valence-corrected chi connectivity index (χ4v) is 9.12. The zero-order valence-electron chi connectivity index (χ0n) is 33.5. The normalized spacial score (nSPS) is 18.8. The van der Waals surface area contributed by atoms with Crippen molar-refractivity contribution < 1.29 is 38.4 Å². The molecule has 1 aliphatic carbocycles. The van der Waals surface area contributed by atoms with Gasteiger partial charge in [-0.25, -0.2) is 9.80 Å². The van der Waals surface area contributed by atoms with Crippen molar-refractivity contribution in [2.45, 2.75) is 53.4 Å². The Labute approximate surface area is 343 Å². The monoisotopic (exact) mass is 796 g/mol. The molecule has 5 aromatic carbocycles. The molecule has 0 saturated heterocycles. The number of imide groups is 4. The smallest absolute Gasteiger partial charge is 0.268 e. The van der Waals surface area contributed by atoms with E-state index in [4.69, 9.17) is 0 Å². The van der Waals surface area contributed by atoms with Crippen LogP contribution in [0, 0.1) is 11.3 Å². The van der Waals surface area contributed by atoms with Gasteiger partial charge in [-0.05, 0) is 95.5 Å². The van der Waals surface area contributed by atoms with Gasteiger partial charge in [-0.1, -0.05) is 65.8 Å². The summed E-state index contributed by atoms with van der Waals surface area (Å²) in [6.07, 6.45) is 6.09. The van der Waals surface area contributed by atoms with Crippen molar-refractivity contribution in [2.75, 3.05) is 4.90 Å². The minimum absolute atomic E-state index is 0.0632. The largest absolute Gasteiger partial charge is 0.281 e. The molecule has 10 rings (SSSR count). The van der Waals surface area contributed by atoms with Crippen molar-refractivity contribution in [3.63, 3.8) is 0 Å². The molecule has 8 amide bonds. The molecule has 60 heavy (non-hydrogen) atoms. The molecule has 1 unspecified atom stereocenters. The maximum absolute atomic E-state index is 14.5. The van der Waals surface area contributed by atoms with Crippen LogP contribution < -0.4 is 4.90 Å². The van der Waals surface area contributed by atoms with Crippen LogP contribution in [0.25, 0.3) is 21.5 Å². The quantitative estimate of drug-likeness (QED) is 0.167. The van der Waals surface area contributed by atoms with Crippen LogP contribution in [-0.4, -0.2) is 62.2 Å². The number of carbonyl (C=O) groups is 8. The third-order valence-corrected chi connectivity index (χ3v) is 12.4. The molecule has 5 aromatic rings. The molecule has 296 valence electrons. The second-order valence-electron chi connectivity index (χ2n) is 17.9. The third kappa shape index (κ3) is 4.84. The second kappa shape index (κ2) is 12.1. The second-order valence-corrected chi connectivity index (χ2v) is 17.9. The Morgan fingerprint density at radius 3 is 1.20 bits per heavy atom. The Bertz CT molecular complexity index is 2930. The number of hydrazine groups is 1. The van der Waals surface area contributed by atoms with Gasteiger partial charge in [-0.2, -0.15) is 10.0 Å². The summed E-state index contributed by atoms with van der Waals surface area (Å²) < 4.78 is 0. The van der Waals surface area contributed by atoms with E-state index in [-0.39, 0.29) is 82.8 Å². The molecule has 0 N–H and O–H groups in total. The highest BCUT2D eigenvalue weighted by Gasteiger charge is 2.49. The average molecular weight is 797 g/mol. The van der Waals surface area contributed by atoms with Crippen molar-refractivity contribution in [1.29, 1.82) is 0 Å². The zero-order valence-corrected chi connectivity index (χ0v) is 33.5. The Morgan fingerprint density at radius 2 is 0.833 bits per heavy atom. The number of anilines is 1. The first-order valence-electron chi connectivity index (χ1n) is 19.6. The molecular formula is C48H36N4O8. The minimum atomic E-state index is -1.02. The molecule has 4 heterocycles. The van der Waals surface area contributed by atoms with Gasteiger partial charge in [0.2, 0.25) is 0 Å².